The average Bonchev–Trinajstić information content (AvgIpc) is 2.81. The second-order valence-electron chi connectivity index (χ2n) is 6.06. The van der Waals surface area contributed by atoms with E-state index in [0.29, 0.717) is 18.2 Å². The maximum Gasteiger partial charge on any atom is 0.123 e. The fraction of sp³-hybridized carbons (Fsp3) is 0.625. The van der Waals surface area contributed by atoms with E-state index in [1.165, 1.54) is 31.2 Å². The Hall–Kier alpha value is -1.06. The fourth-order valence-corrected chi connectivity index (χ4v) is 3.37. The first kappa shape index (κ1) is 12.9. The van der Waals surface area contributed by atoms with Gasteiger partial charge >= 0.3 is 0 Å². The summed E-state index contributed by atoms with van der Waals surface area (Å²) in [5.74, 6) is 1.08. The standard InChI is InChI=1S/C16H24N2O/c1-18(14-8-6-13(17)7-9-14)11-15-10-12-4-2-3-5-16(12)19-15/h2-5,13-15H,6-11,17H2,1H3. The van der Waals surface area contributed by atoms with Crippen LogP contribution in [-0.2, 0) is 6.42 Å². The first-order valence-corrected chi connectivity index (χ1v) is 7.43. The molecule has 2 aliphatic rings. The number of hydrogen-bond acceptors (Lipinski definition) is 3. The van der Waals surface area contributed by atoms with Crippen molar-refractivity contribution in [3.05, 3.63) is 29.8 Å². The highest BCUT2D eigenvalue weighted by molar-refractivity contribution is 5.37. The lowest BCUT2D eigenvalue weighted by Gasteiger charge is -2.34. The van der Waals surface area contributed by atoms with Crippen molar-refractivity contribution < 1.29 is 4.74 Å². The fourth-order valence-electron chi connectivity index (χ4n) is 3.37. The number of nitrogens with zero attached hydrogens (tertiary/aromatic N) is 1. The van der Waals surface area contributed by atoms with Gasteiger partial charge in [-0.15, -0.1) is 0 Å². The molecule has 0 bridgehead atoms. The second-order valence-corrected chi connectivity index (χ2v) is 6.06. The predicted octanol–water partition coefficient (Wildman–Crippen LogP) is 2.19. The third-order valence-corrected chi connectivity index (χ3v) is 4.57. The van der Waals surface area contributed by atoms with Gasteiger partial charge in [-0.3, -0.25) is 4.90 Å². The minimum atomic E-state index is 0.318. The Morgan fingerprint density at radius 1 is 1.21 bits per heavy atom. The van der Waals surface area contributed by atoms with Gasteiger partial charge in [-0.05, 0) is 44.4 Å². The summed E-state index contributed by atoms with van der Waals surface area (Å²) in [6.07, 6.45) is 6.17. The van der Waals surface area contributed by atoms with Crippen LogP contribution < -0.4 is 10.5 Å². The Balaban J connectivity index is 1.53. The summed E-state index contributed by atoms with van der Waals surface area (Å²) >= 11 is 0. The summed E-state index contributed by atoms with van der Waals surface area (Å²) in [5.41, 5.74) is 7.33. The molecular weight excluding hydrogens is 236 g/mol. The van der Waals surface area contributed by atoms with Crippen LogP contribution in [0.25, 0.3) is 0 Å². The molecule has 0 amide bonds. The van der Waals surface area contributed by atoms with Gasteiger partial charge in [0, 0.05) is 25.0 Å². The molecule has 1 aliphatic heterocycles. The third kappa shape index (κ3) is 2.93. The van der Waals surface area contributed by atoms with Gasteiger partial charge in [-0.1, -0.05) is 18.2 Å². The van der Waals surface area contributed by atoms with Crippen molar-refractivity contribution in [3.8, 4) is 5.75 Å². The van der Waals surface area contributed by atoms with Crippen molar-refractivity contribution in [2.75, 3.05) is 13.6 Å². The van der Waals surface area contributed by atoms with E-state index < -0.39 is 0 Å². The lowest BCUT2D eigenvalue weighted by Crippen LogP contribution is -2.42. The van der Waals surface area contributed by atoms with Gasteiger partial charge in [0.15, 0.2) is 0 Å². The minimum Gasteiger partial charge on any atom is -0.488 e. The van der Waals surface area contributed by atoms with Crippen LogP contribution in [0.5, 0.6) is 5.75 Å². The van der Waals surface area contributed by atoms with Crippen molar-refractivity contribution in [1.29, 1.82) is 0 Å². The molecule has 3 heteroatoms. The Labute approximate surface area is 115 Å². The number of fused-ring (bicyclic) bond motifs is 1. The Morgan fingerprint density at radius 2 is 1.95 bits per heavy atom. The number of nitrogens with two attached hydrogens (primary N) is 1. The van der Waals surface area contributed by atoms with Crippen molar-refractivity contribution in [3.63, 3.8) is 0 Å². The zero-order chi connectivity index (χ0) is 13.2. The van der Waals surface area contributed by atoms with E-state index >= 15 is 0 Å². The summed E-state index contributed by atoms with van der Waals surface area (Å²) in [5, 5.41) is 0. The average molecular weight is 260 g/mol. The van der Waals surface area contributed by atoms with Crippen molar-refractivity contribution in [1.82, 2.24) is 4.90 Å². The van der Waals surface area contributed by atoms with E-state index in [1.807, 2.05) is 6.07 Å². The molecule has 1 aromatic carbocycles. The molecule has 0 saturated heterocycles. The zero-order valence-electron chi connectivity index (χ0n) is 11.7. The Kier molecular flexibility index (Phi) is 3.76. The van der Waals surface area contributed by atoms with Crippen LogP contribution in [0, 0.1) is 0 Å². The van der Waals surface area contributed by atoms with Crippen LogP contribution >= 0.6 is 0 Å². The molecule has 0 aromatic heterocycles. The normalized spacial score (nSPS) is 30.2. The van der Waals surface area contributed by atoms with E-state index in [0.717, 1.165) is 18.7 Å². The molecule has 0 radical (unpaired) electrons. The molecule has 1 fully saturated rings. The number of rotatable bonds is 3. The molecule has 2 N–H and O–H groups in total. The molecule has 1 unspecified atom stereocenters. The van der Waals surface area contributed by atoms with Crippen molar-refractivity contribution in [2.45, 2.75) is 50.3 Å². The summed E-state index contributed by atoms with van der Waals surface area (Å²) in [7, 11) is 2.23. The van der Waals surface area contributed by atoms with Crippen molar-refractivity contribution >= 4 is 0 Å². The molecular formula is C16H24N2O. The number of ether oxygens (including phenoxy) is 1. The summed E-state index contributed by atoms with van der Waals surface area (Å²) < 4.78 is 6.02. The first-order chi connectivity index (χ1) is 9.22. The van der Waals surface area contributed by atoms with E-state index in [9.17, 15) is 0 Å². The SMILES string of the molecule is CN(CC1Cc2ccccc2O1)C1CCC(N)CC1. The highest BCUT2D eigenvalue weighted by Crippen LogP contribution is 2.29. The van der Waals surface area contributed by atoms with E-state index in [2.05, 4.69) is 30.1 Å². The molecule has 1 aliphatic carbocycles. The van der Waals surface area contributed by atoms with E-state index in [1.54, 1.807) is 0 Å². The molecule has 1 atom stereocenters. The second kappa shape index (κ2) is 5.51. The van der Waals surface area contributed by atoms with Crippen LogP contribution in [-0.4, -0.2) is 36.7 Å². The van der Waals surface area contributed by atoms with E-state index in [4.69, 9.17) is 10.5 Å². The third-order valence-electron chi connectivity index (χ3n) is 4.57. The zero-order valence-corrected chi connectivity index (χ0v) is 11.7. The van der Waals surface area contributed by atoms with Crippen LogP contribution in [0.15, 0.2) is 24.3 Å². The van der Waals surface area contributed by atoms with Gasteiger partial charge in [-0.2, -0.15) is 0 Å². The topological polar surface area (TPSA) is 38.5 Å². The molecule has 1 heterocycles. The number of likely N-dealkylation sites (N-methyl/N-ethyl adjacent to an activating group) is 1. The van der Waals surface area contributed by atoms with Gasteiger partial charge in [0.1, 0.15) is 11.9 Å². The molecule has 1 aromatic rings. The molecule has 104 valence electrons. The summed E-state index contributed by atoms with van der Waals surface area (Å²) in [4.78, 5) is 2.47. The van der Waals surface area contributed by atoms with E-state index in [-0.39, 0.29) is 0 Å². The van der Waals surface area contributed by atoms with Crippen LogP contribution in [0.1, 0.15) is 31.2 Å². The van der Waals surface area contributed by atoms with Gasteiger partial charge in [0.25, 0.3) is 0 Å². The molecule has 3 nitrogen and oxygen atoms in total. The van der Waals surface area contributed by atoms with Gasteiger partial charge in [0.2, 0.25) is 0 Å². The highest BCUT2D eigenvalue weighted by atomic mass is 16.5. The molecule has 3 rings (SSSR count). The largest absolute Gasteiger partial charge is 0.488 e. The number of benzene rings is 1. The van der Waals surface area contributed by atoms with Crippen LogP contribution in [0.3, 0.4) is 0 Å². The maximum atomic E-state index is 6.02. The minimum absolute atomic E-state index is 0.318. The highest BCUT2D eigenvalue weighted by Gasteiger charge is 2.27. The monoisotopic (exact) mass is 260 g/mol. The summed E-state index contributed by atoms with van der Waals surface area (Å²) in [6, 6.07) is 9.51. The smallest absolute Gasteiger partial charge is 0.123 e. The lowest BCUT2D eigenvalue weighted by molar-refractivity contribution is 0.117. The van der Waals surface area contributed by atoms with Gasteiger partial charge in [-0.25, -0.2) is 0 Å². The molecule has 0 spiro atoms. The first-order valence-electron chi connectivity index (χ1n) is 7.43. The quantitative estimate of drug-likeness (QED) is 0.905. The molecule has 19 heavy (non-hydrogen) atoms. The van der Waals surface area contributed by atoms with Crippen LogP contribution in [0.4, 0.5) is 0 Å². The molecule has 1 saturated carbocycles. The Morgan fingerprint density at radius 3 is 2.68 bits per heavy atom. The van der Waals surface area contributed by atoms with Gasteiger partial charge in [0.05, 0.1) is 0 Å². The Bertz CT molecular complexity index is 402. The number of hydrogen-bond donors (Lipinski definition) is 1. The lowest BCUT2D eigenvalue weighted by atomic mass is 9.91. The summed E-state index contributed by atoms with van der Waals surface area (Å²) in [6.45, 7) is 1.02. The van der Waals surface area contributed by atoms with Crippen molar-refractivity contribution in [2.24, 2.45) is 5.73 Å². The van der Waals surface area contributed by atoms with Crippen LogP contribution in [0.2, 0.25) is 0 Å². The predicted molar refractivity (Wildman–Crippen MR) is 77.4 cm³/mol. The maximum absolute atomic E-state index is 6.02. The van der Waals surface area contributed by atoms with Gasteiger partial charge < -0.3 is 10.5 Å². The number of para-hydroxylation sites is 1.